The molecule has 51 heavy (non-hydrogen) atoms. The van der Waals surface area contributed by atoms with Crippen LogP contribution < -0.4 is 12.3 Å². The molecule has 0 amide bonds. The number of carbonyl (C=O) groups is 2. The van der Waals surface area contributed by atoms with Gasteiger partial charge in [-0.05, 0) is 19.3 Å². The van der Waals surface area contributed by atoms with Gasteiger partial charge in [-0.1, -0.05) is 194 Å². The molecule has 0 aliphatic rings. The quantitative estimate of drug-likeness (QED) is 0.0269. The lowest BCUT2D eigenvalue weighted by Crippen LogP contribution is -2.34. The SMILES string of the molecule is CCCCCCCCCCCCOC(=O)C(CC(=O)O)S(=O)(=O)O.CCCCCCCCCCCCOCCCCCCCCCCCC.N.N. The van der Waals surface area contributed by atoms with Gasteiger partial charge in [0.1, 0.15) is 0 Å². The van der Waals surface area contributed by atoms with Crippen molar-refractivity contribution in [2.75, 3.05) is 19.8 Å². The summed E-state index contributed by atoms with van der Waals surface area (Å²) in [5.41, 5.74) is 0. The van der Waals surface area contributed by atoms with Gasteiger partial charge < -0.3 is 26.9 Å². The largest absolute Gasteiger partial charge is 0.481 e. The Hall–Kier alpha value is -1.27. The molecule has 10 nitrogen and oxygen atoms in total. The number of hydrogen-bond donors (Lipinski definition) is 4. The molecule has 0 fully saturated rings. The molecule has 0 aliphatic heterocycles. The topological polar surface area (TPSA) is 197 Å². The summed E-state index contributed by atoms with van der Waals surface area (Å²) in [5, 5.41) is 6.52. The van der Waals surface area contributed by atoms with E-state index >= 15 is 0 Å². The summed E-state index contributed by atoms with van der Waals surface area (Å²) in [6, 6.07) is 0. The second kappa shape index (κ2) is 44.9. The molecular weight excluding hydrogens is 669 g/mol. The zero-order valence-corrected chi connectivity index (χ0v) is 34.6. The predicted molar refractivity (Wildman–Crippen MR) is 215 cm³/mol. The Labute approximate surface area is 315 Å². The average molecular weight is 755 g/mol. The molecule has 0 aromatic carbocycles. The third-order valence-electron chi connectivity index (χ3n) is 9.01. The first-order valence-corrected chi connectivity index (χ1v) is 22.1. The first-order valence-electron chi connectivity index (χ1n) is 20.6. The summed E-state index contributed by atoms with van der Waals surface area (Å²) in [4.78, 5) is 22.1. The molecule has 8 N–H and O–H groups in total. The van der Waals surface area contributed by atoms with Crippen LogP contribution in [0, 0.1) is 0 Å². The summed E-state index contributed by atoms with van der Waals surface area (Å²) in [5.74, 6) is -2.70. The Morgan fingerprint density at radius 3 is 0.980 bits per heavy atom. The van der Waals surface area contributed by atoms with Gasteiger partial charge in [0.05, 0.1) is 13.0 Å². The maximum Gasteiger partial charge on any atom is 0.327 e. The van der Waals surface area contributed by atoms with Crippen molar-refractivity contribution >= 4 is 22.1 Å². The zero-order chi connectivity index (χ0) is 36.7. The second-order valence-corrected chi connectivity index (χ2v) is 15.5. The number of carboxylic acids is 1. The first kappa shape index (κ1) is 56.5. The van der Waals surface area contributed by atoms with Gasteiger partial charge in [-0.15, -0.1) is 0 Å². The van der Waals surface area contributed by atoms with Gasteiger partial charge in [0.15, 0.2) is 5.25 Å². The number of rotatable bonds is 37. The van der Waals surface area contributed by atoms with E-state index in [1.807, 2.05) is 0 Å². The fourth-order valence-electron chi connectivity index (χ4n) is 5.81. The summed E-state index contributed by atoms with van der Waals surface area (Å²) in [6.45, 7) is 8.78. The second-order valence-electron chi connectivity index (χ2n) is 13.9. The van der Waals surface area contributed by atoms with Gasteiger partial charge in [-0.2, -0.15) is 8.42 Å². The third kappa shape index (κ3) is 46.7. The number of hydrogen-bond acceptors (Lipinski definition) is 8. The number of esters is 1. The normalized spacial score (nSPS) is 11.5. The van der Waals surface area contributed by atoms with Crippen molar-refractivity contribution in [3.8, 4) is 0 Å². The summed E-state index contributed by atoms with van der Waals surface area (Å²) in [7, 11) is -4.78. The Kier molecular flexibility index (Phi) is 49.7. The van der Waals surface area contributed by atoms with Crippen LogP contribution in [-0.2, 0) is 29.2 Å². The van der Waals surface area contributed by atoms with E-state index in [0.29, 0.717) is 6.42 Å². The van der Waals surface area contributed by atoms with E-state index in [4.69, 9.17) is 19.1 Å². The molecule has 0 aromatic rings. The fourth-order valence-corrected chi connectivity index (χ4v) is 6.47. The monoisotopic (exact) mass is 755 g/mol. The van der Waals surface area contributed by atoms with Crippen LogP contribution in [0.3, 0.4) is 0 Å². The van der Waals surface area contributed by atoms with Crippen molar-refractivity contribution in [2.45, 2.75) is 225 Å². The summed E-state index contributed by atoms with van der Waals surface area (Å²) < 4.78 is 41.4. The van der Waals surface area contributed by atoms with E-state index in [9.17, 15) is 18.0 Å². The highest BCUT2D eigenvalue weighted by atomic mass is 32.2. The van der Waals surface area contributed by atoms with E-state index in [-0.39, 0.29) is 18.9 Å². The number of ether oxygens (including phenoxy) is 2. The van der Waals surface area contributed by atoms with Gasteiger partial charge in [0.2, 0.25) is 0 Å². The van der Waals surface area contributed by atoms with Crippen molar-refractivity contribution in [1.82, 2.24) is 12.3 Å². The van der Waals surface area contributed by atoms with Gasteiger partial charge in [0.25, 0.3) is 10.1 Å². The molecule has 0 saturated carbocycles. The van der Waals surface area contributed by atoms with E-state index in [0.717, 1.165) is 32.5 Å². The smallest absolute Gasteiger partial charge is 0.327 e. The number of carboxylic acid groups (broad SMARTS) is 1. The molecule has 310 valence electrons. The molecule has 0 bridgehead atoms. The summed E-state index contributed by atoms with van der Waals surface area (Å²) >= 11 is 0. The Bertz CT molecular complexity index is 792. The number of carbonyl (C=O) groups excluding carboxylic acids is 1. The molecule has 0 radical (unpaired) electrons. The Morgan fingerprint density at radius 1 is 0.471 bits per heavy atom. The first-order chi connectivity index (χ1) is 23.7. The van der Waals surface area contributed by atoms with E-state index < -0.39 is 33.7 Å². The minimum atomic E-state index is -4.78. The highest BCUT2D eigenvalue weighted by Gasteiger charge is 2.34. The Morgan fingerprint density at radius 2 is 0.725 bits per heavy atom. The van der Waals surface area contributed by atoms with Gasteiger partial charge >= 0.3 is 11.9 Å². The molecular formula is C40H86N2O8S. The van der Waals surface area contributed by atoms with Crippen LogP contribution in [-0.4, -0.2) is 55.1 Å². The predicted octanol–water partition coefficient (Wildman–Crippen LogP) is 12.4. The molecule has 0 heterocycles. The van der Waals surface area contributed by atoms with Crippen LogP contribution in [0.15, 0.2) is 0 Å². The molecule has 0 rings (SSSR count). The van der Waals surface area contributed by atoms with Crippen LogP contribution in [0.25, 0.3) is 0 Å². The van der Waals surface area contributed by atoms with Gasteiger partial charge in [0, 0.05) is 13.2 Å². The molecule has 1 unspecified atom stereocenters. The average Bonchev–Trinajstić information content (AvgIpc) is 3.06. The lowest BCUT2D eigenvalue weighted by Gasteiger charge is -2.11. The molecule has 0 aromatic heterocycles. The standard InChI is InChI=1S/C24H50O.C16H30O7S.2H3N/c1-3-5-7-9-11-13-15-17-19-21-23-25-24-22-20-18-16-14-12-10-8-6-4-2;1-2-3-4-5-6-7-8-9-10-11-12-23-16(19)14(13-15(17)18)24(20,21)22;;/h3-24H2,1-2H3;14H,2-13H2,1H3,(H,17,18)(H,20,21,22);2*1H3. The highest BCUT2D eigenvalue weighted by Crippen LogP contribution is 2.14. The fraction of sp³-hybridized carbons (Fsp3) is 0.950. The molecule has 0 spiro atoms. The van der Waals surface area contributed by atoms with Crippen LogP contribution in [0.2, 0.25) is 0 Å². The van der Waals surface area contributed by atoms with Crippen molar-refractivity contribution in [2.24, 2.45) is 0 Å². The Balaban J connectivity index is -0.000000417. The van der Waals surface area contributed by atoms with Crippen LogP contribution in [0.5, 0.6) is 0 Å². The lowest BCUT2D eigenvalue weighted by atomic mass is 10.1. The van der Waals surface area contributed by atoms with Crippen LogP contribution >= 0.6 is 0 Å². The van der Waals surface area contributed by atoms with Crippen molar-refractivity contribution < 1.29 is 37.1 Å². The molecule has 1 atom stereocenters. The maximum atomic E-state index is 11.6. The zero-order valence-electron chi connectivity index (χ0n) is 33.8. The summed E-state index contributed by atoms with van der Waals surface area (Å²) in [6.07, 6.45) is 38.2. The van der Waals surface area contributed by atoms with Gasteiger partial charge in [-0.3, -0.25) is 14.1 Å². The van der Waals surface area contributed by atoms with Crippen molar-refractivity contribution in [3.63, 3.8) is 0 Å². The minimum Gasteiger partial charge on any atom is -0.481 e. The minimum absolute atomic E-state index is 0. The van der Waals surface area contributed by atoms with Crippen LogP contribution in [0.4, 0.5) is 0 Å². The maximum absolute atomic E-state index is 11.6. The molecule has 0 aliphatic carbocycles. The van der Waals surface area contributed by atoms with Crippen molar-refractivity contribution in [1.29, 1.82) is 0 Å². The van der Waals surface area contributed by atoms with E-state index in [1.165, 1.54) is 167 Å². The van der Waals surface area contributed by atoms with Crippen molar-refractivity contribution in [3.05, 3.63) is 0 Å². The molecule has 11 heteroatoms. The third-order valence-corrected chi connectivity index (χ3v) is 10.1. The number of unbranched alkanes of at least 4 members (excludes halogenated alkanes) is 27. The van der Waals surface area contributed by atoms with Crippen LogP contribution in [0.1, 0.15) is 220 Å². The lowest BCUT2D eigenvalue weighted by molar-refractivity contribution is -0.147. The van der Waals surface area contributed by atoms with Gasteiger partial charge in [-0.25, -0.2) is 0 Å². The van der Waals surface area contributed by atoms with E-state index in [2.05, 4.69) is 20.8 Å². The molecule has 0 saturated heterocycles. The number of aliphatic carboxylic acids is 1. The highest BCUT2D eigenvalue weighted by molar-refractivity contribution is 7.87. The van der Waals surface area contributed by atoms with E-state index in [1.54, 1.807) is 0 Å².